The third-order valence-corrected chi connectivity index (χ3v) is 6.49. The van der Waals surface area contributed by atoms with Gasteiger partial charge in [-0.1, -0.05) is 13.3 Å². The molecule has 1 aliphatic carbocycles. The molecule has 1 rings (SSSR count). The Bertz CT molecular complexity index is 504. The molecule has 0 heterocycles. The van der Waals surface area contributed by atoms with Crippen LogP contribution in [0.2, 0.25) is 0 Å². The summed E-state index contributed by atoms with van der Waals surface area (Å²) in [6.07, 6.45) is 5.05. The smallest absolute Gasteiger partial charge is 0.212 e. The van der Waals surface area contributed by atoms with Crippen molar-refractivity contribution >= 4 is 19.9 Å². The molecule has 0 amide bonds. The van der Waals surface area contributed by atoms with E-state index >= 15 is 0 Å². The normalized spacial score (nSPS) is 28.4. The van der Waals surface area contributed by atoms with Crippen molar-refractivity contribution in [1.29, 1.82) is 0 Å². The first-order valence-corrected chi connectivity index (χ1v) is 10.6. The molecule has 0 aliphatic heterocycles. The molecular formula is C12H25NO5S2. The summed E-state index contributed by atoms with van der Waals surface area (Å²) >= 11 is 0. The Morgan fingerprint density at radius 2 is 1.70 bits per heavy atom. The summed E-state index contributed by atoms with van der Waals surface area (Å²) in [6, 6.07) is 0. The number of hydrogen-bond acceptors (Lipinski definition) is 5. The second-order valence-electron chi connectivity index (χ2n) is 5.85. The van der Waals surface area contributed by atoms with E-state index in [1.54, 1.807) is 0 Å². The summed E-state index contributed by atoms with van der Waals surface area (Å²) in [5, 5.41) is 10.3. The number of nitrogens with one attached hydrogen (secondary N) is 1. The molecule has 0 spiro atoms. The second-order valence-corrected chi connectivity index (χ2v) is 10.0. The maximum Gasteiger partial charge on any atom is 0.212 e. The van der Waals surface area contributed by atoms with Gasteiger partial charge in [0, 0.05) is 12.8 Å². The Morgan fingerprint density at radius 1 is 1.15 bits per heavy atom. The van der Waals surface area contributed by atoms with Crippen LogP contribution in [0.4, 0.5) is 0 Å². The fraction of sp³-hybridized carbons (Fsp3) is 1.00. The maximum atomic E-state index is 11.7. The topological polar surface area (TPSA) is 101 Å². The Hall–Kier alpha value is -0.180. The fourth-order valence-electron chi connectivity index (χ4n) is 2.38. The highest BCUT2D eigenvalue weighted by molar-refractivity contribution is 7.93. The van der Waals surface area contributed by atoms with E-state index < -0.39 is 37.0 Å². The molecule has 0 bridgehead atoms. The Balaban J connectivity index is 2.46. The van der Waals surface area contributed by atoms with Crippen LogP contribution in [0.15, 0.2) is 0 Å². The monoisotopic (exact) mass is 327 g/mol. The van der Waals surface area contributed by atoms with E-state index in [0.29, 0.717) is 18.8 Å². The predicted octanol–water partition coefficient (Wildman–Crippen LogP) is 0.282. The lowest BCUT2D eigenvalue weighted by Gasteiger charge is -2.35. The van der Waals surface area contributed by atoms with Crippen LogP contribution in [0.1, 0.15) is 39.0 Å². The Labute approximate surface area is 121 Å². The second kappa shape index (κ2) is 6.72. The van der Waals surface area contributed by atoms with Gasteiger partial charge in [0.2, 0.25) is 10.0 Å². The van der Waals surface area contributed by atoms with Crippen molar-refractivity contribution in [2.75, 3.05) is 24.3 Å². The molecule has 1 fully saturated rings. The van der Waals surface area contributed by atoms with Gasteiger partial charge in [-0.05, 0) is 31.6 Å². The highest BCUT2D eigenvalue weighted by Crippen LogP contribution is 2.33. The van der Waals surface area contributed by atoms with Gasteiger partial charge in [-0.3, -0.25) is 0 Å². The molecule has 0 unspecified atom stereocenters. The van der Waals surface area contributed by atoms with Gasteiger partial charge >= 0.3 is 0 Å². The molecule has 0 saturated heterocycles. The van der Waals surface area contributed by atoms with E-state index in [-0.39, 0.29) is 6.54 Å². The molecule has 0 aromatic rings. The van der Waals surface area contributed by atoms with Crippen molar-refractivity contribution in [3.63, 3.8) is 0 Å². The lowest BCUT2D eigenvalue weighted by Crippen LogP contribution is -2.46. The zero-order valence-corrected chi connectivity index (χ0v) is 13.8. The van der Waals surface area contributed by atoms with Crippen molar-refractivity contribution in [3.8, 4) is 0 Å². The summed E-state index contributed by atoms with van der Waals surface area (Å²) in [6.45, 7) is 2.08. The number of rotatable bonds is 7. The average molecular weight is 327 g/mol. The number of aliphatic hydroxyl groups is 1. The quantitative estimate of drug-likeness (QED) is 0.699. The molecule has 120 valence electrons. The van der Waals surface area contributed by atoms with Crippen LogP contribution in [-0.4, -0.2) is 51.8 Å². The predicted molar refractivity (Wildman–Crippen MR) is 78.7 cm³/mol. The minimum absolute atomic E-state index is 0.0322. The summed E-state index contributed by atoms with van der Waals surface area (Å²) in [5.41, 5.74) is -0.996. The van der Waals surface area contributed by atoms with Gasteiger partial charge in [-0.15, -0.1) is 0 Å². The van der Waals surface area contributed by atoms with Gasteiger partial charge in [-0.25, -0.2) is 21.6 Å². The maximum absolute atomic E-state index is 11.7. The zero-order chi connectivity index (χ0) is 15.4. The average Bonchev–Trinajstić information content (AvgIpc) is 2.35. The van der Waals surface area contributed by atoms with E-state index in [4.69, 9.17) is 0 Å². The minimum atomic E-state index is -3.66. The molecule has 2 N–H and O–H groups in total. The summed E-state index contributed by atoms with van der Waals surface area (Å²) in [4.78, 5) is 0. The van der Waals surface area contributed by atoms with Crippen LogP contribution in [0.25, 0.3) is 0 Å². The summed E-state index contributed by atoms with van der Waals surface area (Å²) in [7, 11) is -6.97. The Kier molecular flexibility index (Phi) is 6.01. The lowest BCUT2D eigenvalue weighted by molar-refractivity contribution is -0.00441. The summed E-state index contributed by atoms with van der Waals surface area (Å²) < 4.78 is 47.7. The van der Waals surface area contributed by atoms with Gasteiger partial charge in [0.05, 0.1) is 17.1 Å². The van der Waals surface area contributed by atoms with Crippen LogP contribution in [0.3, 0.4) is 0 Å². The molecule has 1 saturated carbocycles. The largest absolute Gasteiger partial charge is 0.389 e. The van der Waals surface area contributed by atoms with Crippen molar-refractivity contribution in [2.24, 2.45) is 5.92 Å². The third kappa shape index (κ3) is 6.51. The van der Waals surface area contributed by atoms with E-state index in [0.717, 1.165) is 25.5 Å². The first-order chi connectivity index (χ1) is 9.05. The minimum Gasteiger partial charge on any atom is -0.389 e. The number of hydrogen-bond donors (Lipinski definition) is 2. The van der Waals surface area contributed by atoms with Crippen molar-refractivity contribution < 1.29 is 21.9 Å². The molecule has 0 aromatic carbocycles. The molecule has 8 heteroatoms. The van der Waals surface area contributed by atoms with Crippen LogP contribution in [-0.2, 0) is 19.9 Å². The molecule has 0 atom stereocenters. The molecule has 1 aliphatic rings. The van der Waals surface area contributed by atoms with Crippen molar-refractivity contribution in [3.05, 3.63) is 0 Å². The number of sulfone groups is 1. The fourth-order valence-corrected chi connectivity index (χ4v) is 5.10. The number of sulfonamides is 1. The van der Waals surface area contributed by atoms with E-state index in [9.17, 15) is 21.9 Å². The van der Waals surface area contributed by atoms with Crippen LogP contribution in [0.5, 0.6) is 0 Å². The van der Waals surface area contributed by atoms with Crippen molar-refractivity contribution in [2.45, 2.75) is 44.6 Å². The molecule has 6 nitrogen and oxygen atoms in total. The third-order valence-electron chi connectivity index (χ3n) is 3.96. The van der Waals surface area contributed by atoms with Gasteiger partial charge in [0.15, 0.2) is 0 Å². The van der Waals surface area contributed by atoms with Gasteiger partial charge in [0.1, 0.15) is 9.84 Å². The van der Waals surface area contributed by atoms with Gasteiger partial charge < -0.3 is 5.11 Å². The van der Waals surface area contributed by atoms with E-state index in [2.05, 4.69) is 11.6 Å². The molecule has 0 radical (unpaired) electrons. The van der Waals surface area contributed by atoms with Gasteiger partial charge in [-0.2, -0.15) is 0 Å². The molecular weight excluding hydrogens is 302 g/mol. The highest BCUT2D eigenvalue weighted by Gasteiger charge is 2.33. The van der Waals surface area contributed by atoms with Crippen LogP contribution >= 0.6 is 0 Å². The van der Waals surface area contributed by atoms with E-state index in [1.165, 1.54) is 0 Å². The Morgan fingerprint density at radius 3 is 2.15 bits per heavy atom. The molecule has 20 heavy (non-hydrogen) atoms. The van der Waals surface area contributed by atoms with Crippen molar-refractivity contribution in [1.82, 2.24) is 4.72 Å². The lowest BCUT2D eigenvalue weighted by atomic mass is 9.78. The zero-order valence-electron chi connectivity index (χ0n) is 12.1. The first-order valence-electron chi connectivity index (χ1n) is 6.93. The van der Waals surface area contributed by atoms with Crippen LogP contribution < -0.4 is 4.72 Å². The standard InChI is InChI=1S/C12H25NO5S2/c1-3-11-4-6-12(14,7-5-11)10-13-20(17,18)9-8-19(2,15)16/h11,13-14H,3-10H2,1-2H3. The first kappa shape index (κ1) is 17.9. The van der Waals surface area contributed by atoms with Crippen LogP contribution in [0, 0.1) is 5.92 Å². The molecule has 0 aromatic heterocycles. The SMILES string of the molecule is CCC1CCC(O)(CNS(=O)(=O)CCS(C)(=O)=O)CC1. The van der Waals surface area contributed by atoms with Gasteiger partial charge in [0.25, 0.3) is 0 Å². The van der Waals surface area contributed by atoms with E-state index in [1.807, 2.05) is 0 Å². The highest BCUT2D eigenvalue weighted by atomic mass is 32.2. The summed E-state index contributed by atoms with van der Waals surface area (Å²) in [5.74, 6) is -0.254.